The first-order chi connectivity index (χ1) is 11.6. The Bertz CT molecular complexity index is 674. The summed E-state index contributed by atoms with van der Waals surface area (Å²) in [6.07, 6.45) is 1.82. The Morgan fingerprint density at radius 3 is 2.33 bits per heavy atom. The minimum absolute atomic E-state index is 0.0925. The third-order valence-corrected chi connectivity index (χ3v) is 4.85. The van der Waals surface area contributed by atoms with Crippen LogP contribution in [0, 0.1) is 12.8 Å². The normalized spacial score (nSPS) is 16.1. The van der Waals surface area contributed by atoms with Crippen molar-refractivity contribution in [3.05, 3.63) is 64.7 Å². The van der Waals surface area contributed by atoms with Gasteiger partial charge in [-0.05, 0) is 62.7 Å². The summed E-state index contributed by atoms with van der Waals surface area (Å²) in [5.74, 6) is 0.210. The topological polar surface area (TPSA) is 32.3 Å². The zero-order chi connectivity index (χ0) is 16.9. The largest absolute Gasteiger partial charge is 0.326 e. The number of hydrogen-bond acceptors (Lipinski definition) is 2. The van der Waals surface area contributed by atoms with Gasteiger partial charge in [0.15, 0.2) is 0 Å². The van der Waals surface area contributed by atoms with E-state index in [9.17, 15) is 4.79 Å². The van der Waals surface area contributed by atoms with Crippen molar-refractivity contribution in [2.45, 2.75) is 26.3 Å². The van der Waals surface area contributed by atoms with Gasteiger partial charge in [-0.2, -0.15) is 0 Å². The second-order valence-corrected chi connectivity index (χ2v) is 6.97. The van der Waals surface area contributed by atoms with Crippen LogP contribution in [0.1, 0.15) is 24.0 Å². The molecular weight excluding hydrogens is 320 g/mol. The molecule has 3 rings (SSSR count). The van der Waals surface area contributed by atoms with Gasteiger partial charge in [-0.1, -0.05) is 41.4 Å². The average Bonchev–Trinajstić information content (AvgIpc) is 2.59. The number of carbonyl (C=O) groups is 1. The van der Waals surface area contributed by atoms with Crippen molar-refractivity contribution in [3.63, 3.8) is 0 Å². The van der Waals surface area contributed by atoms with E-state index in [0.717, 1.165) is 38.2 Å². The number of nitrogens with zero attached hydrogens (tertiary/aromatic N) is 1. The summed E-state index contributed by atoms with van der Waals surface area (Å²) in [7, 11) is 0. The summed E-state index contributed by atoms with van der Waals surface area (Å²) in [5, 5.41) is 3.67. The van der Waals surface area contributed by atoms with E-state index in [-0.39, 0.29) is 11.8 Å². The average molecular weight is 343 g/mol. The van der Waals surface area contributed by atoms with E-state index < -0.39 is 0 Å². The minimum Gasteiger partial charge on any atom is -0.326 e. The number of amides is 1. The Morgan fingerprint density at radius 2 is 1.71 bits per heavy atom. The summed E-state index contributed by atoms with van der Waals surface area (Å²) in [6, 6.07) is 16.0. The molecule has 0 aliphatic carbocycles. The maximum absolute atomic E-state index is 12.4. The second kappa shape index (κ2) is 7.82. The first-order valence-electron chi connectivity index (χ1n) is 8.44. The first kappa shape index (κ1) is 17.0. The fraction of sp³-hybridized carbons (Fsp3) is 0.350. The van der Waals surface area contributed by atoms with Crippen LogP contribution in [0.4, 0.5) is 5.69 Å². The quantitative estimate of drug-likeness (QED) is 0.887. The third kappa shape index (κ3) is 4.59. The predicted molar refractivity (Wildman–Crippen MR) is 99.3 cm³/mol. The van der Waals surface area contributed by atoms with Gasteiger partial charge in [0, 0.05) is 23.2 Å². The second-order valence-electron chi connectivity index (χ2n) is 6.53. The molecule has 0 radical (unpaired) electrons. The van der Waals surface area contributed by atoms with Crippen LogP contribution in [-0.2, 0) is 11.3 Å². The fourth-order valence-electron chi connectivity index (χ4n) is 3.08. The summed E-state index contributed by atoms with van der Waals surface area (Å²) in [6.45, 7) is 5.00. The van der Waals surface area contributed by atoms with Crippen molar-refractivity contribution >= 4 is 23.2 Å². The van der Waals surface area contributed by atoms with Crippen LogP contribution in [0.5, 0.6) is 0 Å². The van der Waals surface area contributed by atoms with Crippen molar-refractivity contribution < 1.29 is 4.79 Å². The Hall–Kier alpha value is -1.84. The van der Waals surface area contributed by atoms with Crippen molar-refractivity contribution in [2.75, 3.05) is 18.4 Å². The van der Waals surface area contributed by atoms with Gasteiger partial charge in [-0.3, -0.25) is 9.69 Å². The van der Waals surface area contributed by atoms with E-state index in [2.05, 4.69) is 41.4 Å². The number of anilines is 1. The van der Waals surface area contributed by atoms with Crippen LogP contribution in [0.25, 0.3) is 0 Å². The molecule has 0 atom stereocenters. The molecule has 0 saturated carbocycles. The zero-order valence-corrected chi connectivity index (χ0v) is 14.7. The Kier molecular flexibility index (Phi) is 5.54. The van der Waals surface area contributed by atoms with Gasteiger partial charge in [0.25, 0.3) is 0 Å². The molecule has 0 spiro atoms. The van der Waals surface area contributed by atoms with E-state index in [1.54, 1.807) is 12.1 Å². The smallest absolute Gasteiger partial charge is 0.227 e. The molecule has 1 saturated heterocycles. The van der Waals surface area contributed by atoms with E-state index in [4.69, 9.17) is 11.6 Å². The van der Waals surface area contributed by atoms with Crippen molar-refractivity contribution in [2.24, 2.45) is 5.92 Å². The number of hydrogen-bond donors (Lipinski definition) is 1. The highest BCUT2D eigenvalue weighted by atomic mass is 35.5. The summed E-state index contributed by atoms with van der Waals surface area (Å²) < 4.78 is 0. The molecule has 3 nitrogen and oxygen atoms in total. The number of halogens is 1. The lowest BCUT2D eigenvalue weighted by Gasteiger charge is -2.31. The number of carbonyl (C=O) groups excluding carboxylic acids is 1. The van der Waals surface area contributed by atoms with Crippen molar-refractivity contribution in [1.82, 2.24) is 4.90 Å². The van der Waals surface area contributed by atoms with E-state index in [1.807, 2.05) is 12.1 Å². The Balaban J connectivity index is 1.48. The highest BCUT2D eigenvalue weighted by molar-refractivity contribution is 6.30. The highest BCUT2D eigenvalue weighted by Crippen LogP contribution is 2.21. The number of benzene rings is 2. The summed E-state index contributed by atoms with van der Waals surface area (Å²) >= 11 is 5.87. The lowest BCUT2D eigenvalue weighted by Crippen LogP contribution is -2.37. The zero-order valence-electron chi connectivity index (χ0n) is 14.0. The third-order valence-electron chi connectivity index (χ3n) is 4.60. The molecule has 2 aromatic carbocycles. The molecule has 1 fully saturated rings. The monoisotopic (exact) mass is 342 g/mol. The molecule has 2 aromatic rings. The van der Waals surface area contributed by atoms with Crippen LogP contribution < -0.4 is 5.32 Å². The lowest BCUT2D eigenvalue weighted by atomic mass is 9.95. The number of aryl methyl sites for hydroxylation is 1. The summed E-state index contributed by atoms with van der Waals surface area (Å²) in [4.78, 5) is 14.8. The molecule has 0 bridgehead atoms. The SMILES string of the molecule is Cc1ccc(CN2CCC(C(=O)Nc3ccc(Cl)cc3)CC2)cc1. The van der Waals surface area contributed by atoms with Gasteiger partial charge in [-0.15, -0.1) is 0 Å². The number of piperidine rings is 1. The van der Waals surface area contributed by atoms with Crippen molar-refractivity contribution in [3.8, 4) is 0 Å². The molecule has 1 aliphatic rings. The molecule has 126 valence electrons. The molecule has 0 aromatic heterocycles. The van der Waals surface area contributed by atoms with Gasteiger partial charge >= 0.3 is 0 Å². The van der Waals surface area contributed by atoms with E-state index in [0.29, 0.717) is 5.02 Å². The molecule has 1 aliphatic heterocycles. The van der Waals surface area contributed by atoms with Gasteiger partial charge < -0.3 is 5.32 Å². The van der Waals surface area contributed by atoms with Crippen LogP contribution in [0.2, 0.25) is 5.02 Å². The van der Waals surface area contributed by atoms with Gasteiger partial charge in [-0.25, -0.2) is 0 Å². The molecule has 1 N–H and O–H groups in total. The lowest BCUT2D eigenvalue weighted by molar-refractivity contribution is -0.121. The summed E-state index contributed by atoms with van der Waals surface area (Å²) in [5.41, 5.74) is 3.44. The maximum atomic E-state index is 12.4. The van der Waals surface area contributed by atoms with Crippen LogP contribution in [-0.4, -0.2) is 23.9 Å². The highest BCUT2D eigenvalue weighted by Gasteiger charge is 2.25. The van der Waals surface area contributed by atoms with Crippen LogP contribution >= 0.6 is 11.6 Å². The Morgan fingerprint density at radius 1 is 1.08 bits per heavy atom. The Labute approximate surface area is 148 Å². The minimum atomic E-state index is 0.0925. The number of rotatable bonds is 4. The first-order valence-corrected chi connectivity index (χ1v) is 8.82. The molecule has 4 heteroatoms. The van der Waals surface area contributed by atoms with Crippen LogP contribution in [0.15, 0.2) is 48.5 Å². The predicted octanol–water partition coefficient (Wildman–Crippen LogP) is 4.50. The fourth-order valence-corrected chi connectivity index (χ4v) is 3.21. The van der Waals surface area contributed by atoms with E-state index >= 15 is 0 Å². The molecule has 0 unspecified atom stereocenters. The molecule has 1 amide bonds. The number of nitrogens with one attached hydrogen (secondary N) is 1. The molecule has 1 heterocycles. The van der Waals surface area contributed by atoms with Gasteiger partial charge in [0.05, 0.1) is 0 Å². The van der Waals surface area contributed by atoms with E-state index in [1.165, 1.54) is 11.1 Å². The van der Waals surface area contributed by atoms with Gasteiger partial charge in [0.1, 0.15) is 0 Å². The molecule has 24 heavy (non-hydrogen) atoms. The number of likely N-dealkylation sites (tertiary alicyclic amines) is 1. The molecular formula is C20H23ClN2O. The van der Waals surface area contributed by atoms with Gasteiger partial charge in [0.2, 0.25) is 5.91 Å². The maximum Gasteiger partial charge on any atom is 0.227 e. The van der Waals surface area contributed by atoms with Crippen molar-refractivity contribution in [1.29, 1.82) is 0 Å². The standard InChI is InChI=1S/C20H23ClN2O/c1-15-2-4-16(5-3-15)14-23-12-10-17(11-13-23)20(24)22-19-8-6-18(21)7-9-19/h2-9,17H,10-14H2,1H3,(H,22,24). The van der Waals surface area contributed by atoms with Crippen LogP contribution in [0.3, 0.4) is 0 Å².